The lowest BCUT2D eigenvalue weighted by atomic mass is 10.0. The van der Waals surface area contributed by atoms with Crippen LogP contribution in [0.15, 0.2) is 12.2 Å². The number of rotatable bonds is 6. The van der Waals surface area contributed by atoms with Crippen LogP contribution in [0.4, 0.5) is 0 Å². The van der Waals surface area contributed by atoms with Crippen molar-refractivity contribution in [2.24, 2.45) is 0 Å². The molecule has 0 aromatic rings. The minimum atomic E-state index is 0.217. The van der Waals surface area contributed by atoms with Gasteiger partial charge in [-0.3, -0.25) is 0 Å². The summed E-state index contributed by atoms with van der Waals surface area (Å²) in [6, 6.07) is 0. The van der Waals surface area contributed by atoms with Gasteiger partial charge in [0, 0.05) is 0 Å². The summed E-state index contributed by atoms with van der Waals surface area (Å²) in [7, 11) is 0. The van der Waals surface area contributed by atoms with E-state index in [9.17, 15) is 0 Å². The van der Waals surface area contributed by atoms with Gasteiger partial charge >= 0.3 is 0 Å². The van der Waals surface area contributed by atoms with Crippen molar-refractivity contribution >= 4 is 11.6 Å². The first kappa shape index (κ1) is 11.0. The van der Waals surface area contributed by atoms with Gasteiger partial charge in [-0.15, -0.1) is 11.6 Å². The van der Waals surface area contributed by atoms with Crippen molar-refractivity contribution < 1.29 is 0 Å². The molecule has 66 valence electrons. The van der Waals surface area contributed by atoms with Crippen LogP contribution in [0.25, 0.3) is 0 Å². The van der Waals surface area contributed by atoms with E-state index in [-0.39, 0.29) is 5.38 Å². The quantitative estimate of drug-likeness (QED) is 0.420. The Balaban J connectivity index is 3.46. The van der Waals surface area contributed by atoms with E-state index in [0.717, 1.165) is 19.3 Å². The zero-order chi connectivity index (χ0) is 8.69. The van der Waals surface area contributed by atoms with Crippen LogP contribution in [-0.2, 0) is 0 Å². The molecule has 0 saturated carbocycles. The van der Waals surface area contributed by atoms with Crippen molar-refractivity contribution in [3.8, 4) is 0 Å². The summed E-state index contributed by atoms with van der Waals surface area (Å²) in [4.78, 5) is 0. The van der Waals surface area contributed by atoms with Crippen LogP contribution in [0.3, 0.4) is 0 Å². The SMILES string of the molecule is C=C(CCC)C(Cl)CCCC. The van der Waals surface area contributed by atoms with Gasteiger partial charge in [0.2, 0.25) is 0 Å². The average molecular weight is 175 g/mol. The topological polar surface area (TPSA) is 0 Å². The maximum absolute atomic E-state index is 6.09. The predicted molar refractivity (Wildman–Crippen MR) is 53.2 cm³/mol. The molecule has 1 unspecified atom stereocenters. The van der Waals surface area contributed by atoms with Gasteiger partial charge in [0.05, 0.1) is 5.38 Å². The van der Waals surface area contributed by atoms with E-state index in [1.54, 1.807) is 0 Å². The lowest BCUT2D eigenvalue weighted by Crippen LogP contribution is -2.01. The largest absolute Gasteiger partial charge is 0.118 e. The van der Waals surface area contributed by atoms with Crippen LogP contribution in [0, 0.1) is 0 Å². The third-order valence-corrected chi connectivity index (χ3v) is 2.35. The molecule has 0 nitrogen and oxygen atoms in total. The second kappa shape index (κ2) is 6.72. The Hall–Kier alpha value is 0.0300. The monoisotopic (exact) mass is 174 g/mol. The summed E-state index contributed by atoms with van der Waals surface area (Å²) < 4.78 is 0. The van der Waals surface area contributed by atoms with Gasteiger partial charge in [-0.05, 0) is 12.8 Å². The number of halogens is 1. The number of hydrogen-bond donors (Lipinski definition) is 0. The fourth-order valence-electron chi connectivity index (χ4n) is 1.07. The van der Waals surface area contributed by atoms with Crippen LogP contribution in [-0.4, -0.2) is 5.38 Å². The van der Waals surface area contributed by atoms with E-state index in [0.29, 0.717) is 0 Å². The minimum Gasteiger partial charge on any atom is -0.118 e. The lowest BCUT2D eigenvalue weighted by Gasteiger charge is -2.10. The van der Waals surface area contributed by atoms with Crippen LogP contribution in [0.2, 0.25) is 0 Å². The first-order chi connectivity index (χ1) is 5.22. The second-order valence-corrected chi connectivity index (χ2v) is 3.54. The minimum absolute atomic E-state index is 0.217. The molecule has 0 spiro atoms. The summed E-state index contributed by atoms with van der Waals surface area (Å²) in [5, 5.41) is 0.217. The van der Waals surface area contributed by atoms with E-state index >= 15 is 0 Å². The maximum atomic E-state index is 6.09. The van der Waals surface area contributed by atoms with E-state index in [4.69, 9.17) is 11.6 Å². The molecular formula is C10H19Cl. The van der Waals surface area contributed by atoms with Gasteiger partial charge < -0.3 is 0 Å². The summed E-state index contributed by atoms with van der Waals surface area (Å²) in [5.41, 5.74) is 1.21. The highest BCUT2D eigenvalue weighted by Crippen LogP contribution is 2.18. The molecule has 0 aliphatic rings. The van der Waals surface area contributed by atoms with Crippen molar-refractivity contribution in [2.45, 2.75) is 51.3 Å². The van der Waals surface area contributed by atoms with Crippen LogP contribution >= 0.6 is 11.6 Å². The lowest BCUT2D eigenvalue weighted by molar-refractivity contribution is 0.698. The average Bonchev–Trinajstić information content (AvgIpc) is 2.00. The van der Waals surface area contributed by atoms with Crippen molar-refractivity contribution in [2.75, 3.05) is 0 Å². The van der Waals surface area contributed by atoms with Gasteiger partial charge in [0.15, 0.2) is 0 Å². The van der Waals surface area contributed by atoms with Crippen LogP contribution in [0.1, 0.15) is 46.0 Å². The highest BCUT2D eigenvalue weighted by molar-refractivity contribution is 6.22. The molecule has 0 amide bonds. The molecule has 1 atom stereocenters. The first-order valence-electron chi connectivity index (χ1n) is 4.54. The summed E-state index contributed by atoms with van der Waals surface area (Å²) >= 11 is 6.09. The van der Waals surface area contributed by atoms with Crippen LogP contribution in [0.5, 0.6) is 0 Å². The normalized spacial score (nSPS) is 13.0. The molecule has 0 saturated heterocycles. The molecule has 0 aromatic heterocycles. The molecule has 1 heteroatoms. The maximum Gasteiger partial charge on any atom is 0.0542 e. The summed E-state index contributed by atoms with van der Waals surface area (Å²) in [5.74, 6) is 0. The predicted octanol–water partition coefficient (Wildman–Crippen LogP) is 4.14. The molecular weight excluding hydrogens is 156 g/mol. The number of unbranched alkanes of at least 4 members (excludes halogenated alkanes) is 1. The number of alkyl halides is 1. The van der Waals surface area contributed by atoms with Crippen molar-refractivity contribution in [3.05, 3.63) is 12.2 Å². The number of allylic oxidation sites excluding steroid dienone is 1. The highest BCUT2D eigenvalue weighted by Gasteiger charge is 2.06. The molecule has 0 heterocycles. The molecule has 0 N–H and O–H groups in total. The molecule has 0 rings (SSSR count). The van der Waals surface area contributed by atoms with E-state index < -0.39 is 0 Å². The standard InChI is InChI=1S/C10H19Cl/c1-4-6-8-10(11)9(3)7-5-2/h10H,3-8H2,1-2H3. The molecule has 0 bridgehead atoms. The number of hydrogen-bond acceptors (Lipinski definition) is 0. The zero-order valence-corrected chi connectivity index (χ0v) is 8.45. The molecule has 0 aliphatic carbocycles. The Kier molecular flexibility index (Phi) is 6.74. The van der Waals surface area contributed by atoms with Gasteiger partial charge in [-0.1, -0.05) is 45.3 Å². The molecule has 0 radical (unpaired) electrons. The molecule has 11 heavy (non-hydrogen) atoms. The van der Waals surface area contributed by atoms with E-state index in [1.807, 2.05) is 0 Å². The van der Waals surface area contributed by atoms with Gasteiger partial charge in [0.1, 0.15) is 0 Å². The summed E-state index contributed by atoms with van der Waals surface area (Å²) in [6.07, 6.45) is 5.78. The third-order valence-electron chi connectivity index (χ3n) is 1.83. The van der Waals surface area contributed by atoms with Crippen molar-refractivity contribution in [1.29, 1.82) is 0 Å². The third kappa shape index (κ3) is 5.32. The van der Waals surface area contributed by atoms with E-state index in [1.165, 1.54) is 18.4 Å². The summed E-state index contributed by atoms with van der Waals surface area (Å²) in [6.45, 7) is 8.31. The zero-order valence-electron chi connectivity index (χ0n) is 7.70. The van der Waals surface area contributed by atoms with Gasteiger partial charge in [0.25, 0.3) is 0 Å². The Morgan fingerprint density at radius 2 is 2.00 bits per heavy atom. The Labute approximate surface area is 75.6 Å². The highest BCUT2D eigenvalue weighted by atomic mass is 35.5. The van der Waals surface area contributed by atoms with Gasteiger partial charge in [-0.2, -0.15) is 0 Å². The Morgan fingerprint density at radius 3 is 2.45 bits per heavy atom. The van der Waals surface area contributed by atoms with Gasteiger partial charge in [-0.25, -0.2) is 0 Å². The Bertz CT molecular complexity index is 107. The molecule has 0 aromatic carbocycles. The Morgan fingerprint density at radius 1 is 1.36 bits per heavy atom. The molecule has 0 fully saturated rings. The first-order valence-corrected chi connectivity index (χ1v) is 4.97. The fraction of sp³-hybridized carbons (Fsp3) is 0.800. The van der Waals surface area contributed by atoms with Crippen molar-refractivity contribution in [3.63, 3.8) is 0 Å². The molecule has 0 aliphatic heterocycles. The van der Waals surface area contributed by atoms with Crippen molar-refractivity contribution in [1.82, 2.24) is 0 Å². The smallest absolute Gasteiger partial charge is 0.0542 e. The fourth-order valence-corrected chi connectivity index (χ4v) is 1.33. The van der Waals surface area contributed by atoms with E-state index in [2.05, 4.69) is 20.4 Å². The van der Waals surface area contributed by atoms with Crippen LogP contribution < -0.4 is 0 Å². The second-order valence-electron chi connectivity index (χ2n) is 3.02.